The SMILES string of the molecule is CC(C)(C)OC(=O)[C@@H]1CCN(CC(F)(F)F)C1. The lowest BCUT2D eigenvalue weighted by Crippen LogP contribution is -2.34. The molecule has 6 heteroatoms. The summed E-state index contributed by atoms with van der Waals surface area (Å²) in [5, 5.41) is 0. The van der Waals surface area contributed by atoms with Crippen LogP contribution in [0.2, 0.25) is 0 Å². The molecule has 0 amide bonds. The van der Waals surface area contributed by atoms with Gasteiger partial charge in [0.2, 0.25) is 0 Å². The van der Waals surface area contributed by atoms with Crippen molar-refractivity contribution in [2.24, 2.45) is 5.92 Å². The van der Waals surface area contributed by atoms with Gasteiger partial charge in [0.05, 0.1) is 12.5 Å². The van der Waals surface area contributed by atoms with Gasteiger partial charge in [0, 0.05) is 6.54 Å². The Morgan fingerprint density at radius 3 is 2.41 bits per heavy atom. The summed E-state index contributed by atoms with van der Waals surface area (Å²) in [6, 6.07) is 0. The van der Waals surface area contributed by atoms with E-state index in [0.717, 1.165) is 0 Å². The highest BCUT2D eigenvalue weighted by Crippen LogP contribution is 2.24. The van der Waals surface area contributed by atoms with Crippen LogP contribution in [0.1, 0.15) is 27.2 Å². The summed E-state index contributed by atoms with van der Waals surface area (Å²) in [4.78, 5) is 12.9. The second-order valence-electron chi connectivity index (χ2n) is 5.37. The topological polar surface area (TPSA) is 29.5 Å². The number of hydrogen-bond donors (Lipinski definition) is 0. The van der Waals surface area contributed by atoms with E-state index in [-0.39, 0.29) is 6.54 Å². The number of rotatable bonds is 2. The first-order valence-corrected chi connectivity index (χ1v) is 5.59. The summed E-state index contributed by atoms with van der Waals surface area (Å²) in [6.07, 6.45) is -3.77. The first-order valence-electron chi connectivity index (χ1n) is 5.59. The predicted molar refractivity (Wildman–Crippen MR) is 56.4 cm³/mol. The van der Waals surface area contributed by atoms with Crippen LogP contribution in [0.25, 0.3) is 0 Å². The van der Waals surface area contributed by atoms with Crippen LogP contribution in [-0.4, -0.2) is 42.3 Å². The second-order valence-corrected chi connectivity index (χ2v) is 5.37. The molecule has 1 fully saturated rings. The Hall–Kier alpha value is -0.780. The van der Waals surface area contributed by atoms with Crippen LogP contribution in [0.15, 0.2) is 0 Å². The zero-order chi connectivity index (χ0) is 13.3. The molecule has 3 nitrogen and oxygen atoms in total. The summed E-state index contributed by atoms with van der Waals surface area (Å²) in [5.74, 6) is -0.834. The molecule has 0 aliphatic carbocycles. The normalized spacial score (nSPS) is 22.8. The first kappa shape index (κ1) is 14.3. The predicted octanol–water partition coefficient (Wildman–Crippen LogP) is 2.21. The van der Waals surface area contributed by atoms with E-state index >= 15 is 0 Å². The van der Waals surface area contributed by atoms with Gasteiger partial charge in [-0.1, -0.05) is 0 Å². The number of ether oxygens (including phenoxy) is 1. The van der Waals surface area contributed by atoms with Crippen LogP contribution in [-0.2, 0) is 9.53 Å². The van der Waals surface area contributed by atoms with Gasteiger partial charge < -0.3 is 4.74 Å². The van der Waals surface area contributed by atoms with Crippen molar-refractivity contribution in [3.05, 3.63) is 0 Å². The number of alkyl halides is 3. The lowest BCUT2D eigenvalue weighted by atomic mass is 10.1. The molecule has 1 aliphatic heterocycles. The third kappa shape index (κ3) is 5.39. The van der Waals surface area contributed by atoms with Crippen molar-refractivity contribution in [2.75, 3.05) is 19.6 Å². The minimum Gasteiger partial charge on any atom is -0.460 e. The maximum Gasteiger partial charge on any atom is 0.401 e. The van der Waals surface area contributed by atoms with Crippen molar-refractivity contribution in [3.8, 4) is 0 Å². The number of carbonyl (C=O) groups is 1. The first-order chi connectivity index (χ1) is 7.57. The molecule has 100 valence electrons. The van der Waals surface area contributed by atoms with Crippen molar-refractivity contribution in [1.29, 1.82) is 0 Å². The van der Waals surface area contributed by atoms with Gasteiger partial charge in [0.15, 0.2) is 0 Å². The van der Waals surface area contributed by atoms with Crippen LogP contribution < -0.4 is 0 Å². The maximum atomic E-state index is 12.1. The highest BCUT2D eigenvalue weighted by atomic mass is 19.4. The van der Waals surface area contributed by atoms with E-state index in [4.69, 9.17) is 4.74 Å². The molecule has 1 aliphatic rings. The Balaban J connectivity index is 2.43. The summed E-state index contributed by atoms with van der Waals surface area (Å²) in [5.41, 5.74) is -0.589. The average molecular weight is 253 g/mol. The van der Waals surface area contributed by atoms with Crippen LogP contribution in [0.5, 0.6) is 0 Å². The zero-order valence-electron chi connectivity index (χ0n) is 10.3. The highest BCUT2D eigenvalue weighted by molar-refractivity contribution is 5.73. The van der Waals surface area contributed by atoms with Gasteiger partial charge in [-0.2, -0.15) is 13.2 Å². The number of hydrogen-bond acceptors (Lipinski definition) is 3. The molecule has 0 unspecified atom stereocenters. The van der Waals surface area contributed by atoms with Crippen LogP contribution in [0.4, 0.5) is 13.2 Å². The summed E-state index contributed by atoms with van der Waals surface area (Å²) < 4.78 is 41.6. The van der Waals surface area contributed by atoms with E-state index in [2.05, 4.69) is 0 Å². The molecule has 0 aromatic rings. The van der Waals surface area contributed by atoms with Crippen LogP contribution >= 0.6 is 0 Å². The Labute approximate surface area is 98.9 Å². The molecule has 17 heavy (non-hydrogen) atoms. The summed E-state index contributed by atoms with van der Waals surface area (Å²) >= 11 is 0. The van der Waals surface area contributed by atoms with Gasteiger partial charge in [-0.25, -0.2) is 0 Å². The third-order valence-corrected chi connectivity index (χ3v) is 2.42. The fourth-order valence-corrected chi connectivity index (χ4v) is 1.81. The minimum atomic E-state index is -4.21. The van der Waals surface area contributed by atoms with Gasteiger partial charge in [-0.3, -0.25) is 9.69 Å². The molecule has 0 aromatic carbocycles. The van der Waals surface area contributed by atoms with E-state index in [1.807, 2.05) is 0 Å². The molecule has 0 bridgehead atoms. The van der Waals surface area contributed by atoms with Gasteiger partial charge in [0.1, 0.15) is 5.60 Å². The van der Waals surface area contributed by atoms with Crippen molar-refractivity contribution in [1.82, 2.24) is 4.90 Å². The number of halogens is 3. The van der Waals surface area contributed by atoms with Gasteiger partial charge in [0.25, 0.3) is 0 Å². The highest BCUT2D eigenvalue weighted by Gasteiger charge is 2.37. The molecule has 0 aromatic heterocycles. The lowest BCUT2D eigenvalue weighted by Gasteiger charge is -2.22. The zero-order valence-corrected chi connectivity index (χ0v) is 10.3. The number of nitrogens with zero attached hydrogens (tertiary/aromatic N) is 1. The Kier molecular flexibility index (Phi) is 4.06. The summed E-state index contributed by atoms with van der Waals surface area (Å²) in [7, 11) is 0. The van der Waals surface area contributed by atoms with Crippen LogP contribution in [0, 0.1) is 5.92 Å². The van der Waals surface area contributed by atoms with E-state index in [9.17, 15) is 18.0 Å². The smallest absolute Gasteiger partial charge is 0.401 e. The number of esters is 1. The van der Waals surface area contributed by atoms with Crippen LogP contribution in [0.3, 0.4) is 0 Å². The van der Waals surface area contributed by atoms with Crippen molar-refractivity contribution < 1.29 is 22.7 Å². The van der Waals surface area contributed by atoms with Crippen molar-refractivity contribution in [3.63, 3.8) is 0 Å². The standard InChI is InChI=1S/C11H18F3NO2/c1-10(2,3)17-9(16)8-4-5-15(6-8)7-11(12,13)14/h8H,4-7H2,1-3H3/t8-/m1/s1. The largest absolute Gasteiger partial charge is 0.460 e. The molecular formula is C11H18F3NO2. The Morgan fingerprint density at radius 2 is 1.94 bits per heavy atom. The molecular weight excluding hydrogens is 235 g/mol. The minimum absolute atomic E-state index is 0.133. The molecule has 0 spiro atoms. The maximum absolute atomic E-state index is 12.1. The molecule has 0 N–H and O–H groups in total. The van der Waals surface area contributed by atoms with Gasteiger partial charge in [-0.05, 0) is 33.7 Å². The molecule has 0 radical (unpaired) electrons. The third-order valence-electron chi connectivity index (χ3n) is 2.42. The lowest BCUT2D eigenvalue weighted by molar-refractivity contribution is -0.161. The quantitative estimate of drug-likeness (QED) is 0.707. The molecule has 1 saturated heterocycles. The Bertz CT molecular complexity index is 283. The fraction of sp³-hybridized carbons (Fsp3) is 0.909. The van der Waals surface area contributed by atoms with E-state index < -0.39 is 30.2 Å². The van der Waals surface area contributed by atoms with Gasteiger partial charge in [-0.15, -0.1) is 0 Å². The van der Waals surface area contributed by atoms with E-state index in [1.165, 1.54) is 4.90 Å². The average Bonchev–Trinajstić information content (AvgIpc) is 2.45. The summed E-state index contributed by atoms with van der Waals surface area (Å²) in [6.45, 7) is 4.71. The van der Waals surface area contributed by atoms with Gasteiger partial charge >= 0.3 is 12.1 Å². The fourth-order valence-electron chi connectivity index (χ4n) is 1.81. The molecule has 1 heterocycles. The number of carbonyl (C=O) groups excluding carboxylic acids is 1. The van der Waals surface area contributed by atoms with E-state index in [0.29, 0.717) is 13.0 Å². The molecule has 1 atom stereocenters. The molecule has 1 rings (SSSR count). The number of likely N-dealkylation sites (tertiary alicyclic amines) is 1. The van der Waals surface area contributed by atoms with Crippen molar-refractivity contribution in [2.45, 2.75) is 39.0 Å². The molecule has 0 saturated carbocycles. The van der Waals surface area contributed by atoms with Crippen molar-refractivity contribution >= 4 is 5.97 Å². The second kappa shape index (κ2) is 4.84. The monoisotopic (exact) mass is 253 g/mol. The Morgan fingerprint density at radius 1 is 1.35 bits per heavy atom. The van der Waals surface area contributed by atoms with E-state index in [1.54, 1.807) is 20.8 Å².